The molecule has 1 heterocycles. The van der Waals surface area contributed by atoms with E-state index < -0.39 is 0 Å². The summed E-state index contributed by atoms with van der Waals surface area (Å²) in [5.41, 5.74) is 11.4. The topological polar surface area (TPSA) is 6.48 Å². The van der Waals surface area contributed by atoms with E-state index >= 15 is 0 Å². The van der Waals surface area contributed by atoms with Crippen molar-refractivity contribution < 1.29 is 0 Å². The molecular formula is C52H36N2S. The molecule has 10 rings (SSSR count). The Bertz CT molecular complexity index is 2920. The lowest BCUT2D eigenvalue weighted by Crippen LogP contribution is -2.14. The Morgan fingerprint density at radius 3 is 1.60 bits per heavy atom. The smallest absolute Gasteiger partial charge is 0.0575 e. The maximum absolute atomic E-state index is 2.46. The van der Waals surface area contributed by atoms with E-state index in [2.05, 4.69) is 228 Å². The Hall–Kier alpha value is -6.94. The molecule has 0 radical (unpaired) electrons. The minimum absolute atomic E-state index is 1.09. The predicted molar refractivity (Wildman–Crippen MR) is 237 cm³/mol. The van der Waals surface area contributed by atoms with Crippen LogP contribution >= 0.6 is 11.3 Å². The second kappa shape index (κ2) is 14.1. The van der Waals surface area contributed by atoms with Crippen molar-refractivity contribution in [3.05, 3.63) is 218 Å². The van der Waals surface area contributed by atoms with Gasteiger partial charge in [0.15, 0.2) is 0 Å². The van der Waals surface area contributed by atoms with Crippen LogP contribution in [0.5, 0.6) is 0 Å². The molecule has 3 heteroatoms. The first kappa shape index (κ1) is 32.7. The third-order valence-corrected chi connectivity index (χ3v) is 11.5. The molecular weight excluding hydrogens is 685 g/mol. The highest BCUT2D eigenvalue weighted by atomic mass is 32.1. The van der Waals surface area contributed by atoms with E-state index in [-0.39, 0.29) is 0 Å². The fourth-order valence-electron chi connectivity index (χ4n) is 7.93. The van der Waals surface area contributed by atoms with Crippen molar-refractivity contribution in [3.8, 4) is 22.3 Å². The molecule has 10 aromatic rings. The van der Waals surface area contributed by atoms with Gasteiger partial charge in [-0.1, -0.05) is 158 Å². The zero-order valence-corrected chi connectivity index (χ0v) is 30.9. The second-order valence-corrected chi connectivity index (χ2v) is 14.8. The molecule has 0 aliphatic rings. The standard InChI is InChI=1S/C52H36N2S/c1-5-18-37(19-6-1)40-23-17-28-43(34-40)53(41-24-9-3-10-25-41)48-35-44(36-50-52(48)51-46-30-14-13-22-39(46)32-33-49(51)55-50)54(42-26-11-4-12-27-42)47-31-16-15-29-45(47)38-20-7-2-8-21-38/h1-36H. The Morgan fingerprint density at radius 2 is 0.873 bits per heavy atom. The molecule has 9 aromatic carbocycles. The highest BCUT2D eigenvalue weighted by Crippen LogP contribution is 2.51. The van der Waals surface area contributed by atoms with Crippen molar-refractivity contribution in [3.63, 3.8) is 0 Å². The summed E-state index contributed by atoms with van der Waals surface area (Å²) in [6.07, 6.45) is 0. The number of rotatable bonds is 8. The molecule has 0 unspecified atom stereocenters. The summed E-state index contributed by atoms with van der Waals surface area (Å²) < 4.78 is 2.51. The largest absolute Gasteiger partial charge is 0.310 e. The molecule has 0 aliphatic carbocycles. The molecule has 0 N–H and O–H groups in total. The molecule has 0 aliphatic heterocycles. The third-order valence-electron chi connectivity index (χ3n) is 10.4. The number of benzene rings is 9. The Kier molecular flexibility index (Phi) is 8.40. The van der Waals surface area contributed by atoms with Gasteiger partial charge in [-0.25, -0.2) is 0 Å². The Morgan fingerprint density at radius 1 is 0.309 bits per heavy atom. The van der Waals surface area contributed by atoms with Crippen LogP contribution in [0.1, 0.15) is 0 Å². The van der Waals surface area contributed by atoms with Crippen LogP contribution in [0.15, 0.2) is 218 Å². The molecule has 0 fully saturated rings. The Balaban J connectivity index is 1.31. The van der Waals surface area contributed by atoms with Crippen LogP contribution in [0.25, 0.3) is 53.2 Å². The van der Waals surface area contributed by atoms with Crippen LogP contribution in [0.4, 0.5) is 34.1 Å². The summed E-state index contributed by atoms with van der Waals surface area (Å²) in [6.45, 7) is 0. The van der Waals surface area contributed by atoms with E-state index in [1.165, 1.54) is 53.2 Å². The van der Waals surface area contributed by atoms with Crippen molar-refractivity contribution >= 4 is 76.4 Å². The number of fused-ring (bicyclic) bond motifs is 5. The van der Waals surface area contributed by atoms with E-state index in [0.29, 0.717) is 0 Å². The normalized spacial score (nSPS) is 11.3. The van der Waals surface area contributed by atoms with E-state index in [4.69, 9.17) is 0 Å². The van der Waals surface area contributed by atoms with Gasteiger partial charge < -0.3 is 9.80 Å². The molecule has 2 nitrogen and oxygen atoms in total. The highest BCUT2D eigenvalue weighted by Gasteiger charge is 2.25. The molecule has 0 spiro atoms. The predicted octanol–water partition coefficient (Wildman–Crippen LogP) is 15.5. The highest BCUT2D eigenvalue weighted by molar-refractivity contribution is 7.26. The first-order chi connectivity index (χ1) is 27.3. The zero-order chi connectivity index (χ0) is 36.6. The molecule has 0 saturated heterocycles. The van der Waals surface area contributed by atoms with Crippen LogP contribution in [0.2, 0.25) is 0 Å². The van der Waals surface area contributed by atoms with Crippen LogP contribution in [0, 0.1) is 0 Å². The molecule has 0 bridgehead atoms. The lowest BCUT2D eigenvalue weighted by Gasteiger charge is -2.31. The van der Waals surface area contributed by atoms with Crippen LogP contribution in [-0.4, -0.2) is 0 Å². The Labute approximate surface area is 325 Å². The van der Waals surface area contributed by atoms with Crippen molar-refractivity contribution in [1.82, 2.24) is 0 Å². The summed E-state index contributed by atoms with van der Waals surface area (Å²) in [6, 6.07) is 78.8. The van der Waals surface area contributed by atoms with Crippen molar-refractivity contribution in [2.75, 3.05) is 9.80 Å². The third kappa shape index (κ3) is 6.01. The molecule has 0 atom stereocenters. The number of anilines is 6. The SMILES string of the molecule is c1ccc(-c2cccc(N(c3ccccc3)c3cc(N(c4ccccc4)c4ccccc4-c4ccccc4)cc4sc5ccc6ccccc6c5c34)c2)cc1. The first-order valence-electron chi connectivity index (χ1n) is 18.7. The number of thiophene rings is 1. The maximum Gasteiger partial charge on any atom is 0.0575 e. The summed E-state index contributed by atoms with van der Waals surface area (Å²) in [4.78, 5) is 4.88. The summed E-state index contributed by atoms with van der Waals surface area (Å²) in [7, 11) is 0. The molecule has 1 aromatic heterocycles. The maximum atomic E-state index is 2.46. The van der Waals surface area contributed by atoms with Crippen molar-refractivity contribution in [1.29, 1.82) is 0 Å². The average molecular weight is 721 g/mol. The van der Waals surface area contributed by atoms with Gasteiger partial charge in [0.1, 0.15) is 0 Å². The van der Waals surface area contributed by atoms with Gasteiger partial charge >= 0.3 is 0 Å². The number of hydrogen-bond acceptors (Lipinski definition) is 3. The van der Waals surface area contributed by atoms with E-state index in [0.717, 1.165) is 34.1 Å². The van der Waals surface area contributed by atoms with E-state index in [9.17, 15) is 0 Å². The van der Waals surface area contributed by atoms with E-state index in [1.807, 2.05) is 11.3 Å². The van der Waals surface area contributed by atoms with Gasteiger partial charge in [0, 0.05) is 48.5 Å². The number of nitrogens with zero attached hydrogens (tertiary/aromatic N) is 2. The monoisotopic (exact) mass is 720 g/mol. The molecule has 0 amide bonds. The van der Waals surface area contributed by atoms with E-state index in [1.54, 1.807) is 0 Å². The van der Waals surface area contributed by atoms with Crippen LogP contribution in [0.3, 0.4) is 0 Å². The van der Waals surface area contributed by atoms with Crippen molar-refractivity contribution in [2.45, 2.75) is 0 Å². The van der Waals surface area contributed by atoms with Gasteiger partial charge in [0.2, 0.25) is 0 Å². The molecule has 55 heavy (non-hydrogen) atoms. The minimum atomic E-state index is 1.09. The minimum Gasteiger partial charge on any atom is -0.310 e. The molecule has 0 saturated carbocycles. The number of para-hydroxylation sites is 3. The van der Waals surface area contributed by atoms with Crippen molar-refractivity contribution in [2.24, 2.45) is 0 Å². The van der Waals surface area contributed by atoms with Crippen LogP contribution in [-0.2, 0) is 0 Å². The number of hydrogen-bond donors (Lipinski definition) is 0. The fraction of sp³-hybridized carbons (Fsp3) is 0. The van der Waals surface area contributed by atoms with Gasteiger partial charge in [0.05, 0.1) is 11.4 Å². The fourth-order valence-corrected chi connectivity index (χ4v) is 9.11. The summed E-state index contributed by atoms with van der Waals surface area (Å²) in [5, 5.41) is 5.04. The van der Waals surface area contributed by atoms with Gasteiger partial charge in [-0.15, -0.1) is 11.3 Å². The first-order valence-corrected chi connectivity index (χ1v) is 19.5. The lowest BCUT2D eigenvalue weighted by atomic mass is 9.99. The van der Waals surface area contributed by atoms with Crippen LogP contribution < -0.4 is 9.80 Å². The summed E-state index contributed by atoms with van der Waals surface area (Å²) in [5.74, 6) is 0. The summed E-state index contributed by atoms with van der Waals surface area (Å²) >= 11 is 1.87. The average Bonchev–Trinajstić information content (AvgIpc) is 3.65. The van der Waals surface area contributed by atoms with Gasteiger partial charge in [0.25, 0.3) is 0 Å². The lowest BCUT2D eigenvalue weighted by molar-refractivity contribution is 1.26. The molecule has 260 valence electrons. The zero-order valence-electron chi connectivity index (χ0n) is 30.1. The second-order valence-electron chi connectivity index (χ2n) is 13.7. The van der Waals surface area contributed by atoms with Gasteiger partial charge in [-0.2, -0.15) is 0 Å². The van der Waals surface area contributed by atoms with Gasteiger partial charge in [-0.05, 0) is 88.1 Å². The quantitative estimate of drug-likeness (QED) is 0.154. The van der Waals surface area contributed by atoms with Gasteiger partial charge in [-0.3, -0.25) is 0 Å².